The van der Waals surface area contributed by atoms with Crippen LogP contribution in [0.25, 0.3) is 12.2 Å². The van der Waals surface area contributed by atoms with E-state index in [-0.39, 0.29) is 11.8 Å². The standard InChI is InChI=1S/C23H25ClN4O2S/c1-14-11-15(7-8-17(14)23(30)28-9-2-3-10-28)22(29)27-20(13-31)21-25-18-6-4-5-16(24)12-19(18)26-21/h4,6-8,11-12,20,31H,2-3,5,9-10,13H2,1H3,(H,25,26)(H,27,29). The molecule has 1 fully saturated rings. The van der Waals surface area contributed by atoms with Gasteiger partial charge < -0.3 is 15.2 Å². The van der Waals surface area contributed by atoms with Gasteiger partial charge in [-0.15, -0.1) is 0 Å². The molecule has 1 aliphatic carbocycles. The van der Waals surface area contributed by atoms with Crippen LogP contribution in [0.4, 0.5) is 0 Å². The summed E-state index contributed by atoms with van der Waals surface area (Å²) in [6, 6.07) is 4.81. The molecule has 1 aliphatic heterocycles. The molecule has 1 aromatic carbocycles. The topological polar surface area (TPSA) is 78.1 Å². The largest absolute Gasteiger partial charge is 0.341 e. The van der Waals surface area contributed by atoms with Crippen molar-refractivity contribution in [1.29, 1.82) is 0 Å². The van der Waals surface area contributed by atoms with Crippen molar-refractivity contribution in [3.63, 3.8) is 0 Å². The Morgan fingerprint density at radius 3 is 2.81 bits per heavy atom. The third-order valence-corrected chi connectivity index (χ3v) is 6.23. The summed E-state index contributed by atoms with van der Waals surface area (Å²) in [6.07, 6.45) is 8.48. The maximum atomic E-state index is 12.9. The molecule has 8 heteroatoms. The van der Waals surface area contributed by atoms with Crippen LogP contribution in [-0.4, -0.2) is 45.5 Å². The fourth-order valence-electron chi connectivity index (χ4n) is 3.90. The highest BCUT2D eigenvalue weighted by atomic mass is 35.5. The first-order chi connectivity index (χ1) is 15.0. The van der Waals surface area contributed by atoms with E-state index in [0.29, 0.717) is 29.1 Å². The van der Waals surface area contributed by atoms with E-state index in [0.717, 1.165) is 47.9 Å². The van der Waals surface area contributed by atoms with Gasteiger partial charge in [0.1, 0.15) is 5.82 Å². The number of hydrogen-bond donors (Lipinski definition) is 3. The number of rotatable bonds is 5. The Kier molecular flexibility index (Phi) is 6.53. The monoisotopic (exact) mass is 456 g/mol. The smallest absolute Gasteiger partial charge is 0.254 e. The average molecular weight is 457 g/mol. The van der Waals surface area contributed by atoms with Crippen LogP contribution in [0.1, 0.15) is 68.8 Å². The number of benzene rings is 1. The number of nitrogens with one attached hydrogen (secondary N) is 2. The Morgan fingerprint density at radius 2 is 2.10 bits per heavy atom. The van der Waals surface area contributed by atoms with Crippen LogP contribution < -0.4 is 5.32 Å². The van der Waals surface area contributed by atoms with E-state index in [1.165, 1.54) is 0 Å². The van der Waals surface area contributed by atoms with Crippen LogP contribution in [-0.2, 0) is 0 Å². The molecular weight excluding hydrogens is 432 g/mol. The molecule has 2 heterocycles. The number of aryl methyl sites for hydroxylation is 1. The van der Waals surface area contributed by atoms with Gasteiger partial charge in [0.25, 0.3) is 11.8 Å². The zero-order valence-corrected chi connectivity index (χ0v) is 19.0. The van der Waals surface area contributed by atoms with Gasteiger partial charge in [-0.05, 0) is 55.7 Å². The second-order valence-corrected chi connectivity index (χ2v) is 8.71. The van der Waals surface area contributed by atoms with Gasteiger partial charge in [-0.1, -0.05) is 17.7 Å². The third kappa shape index (κ3) is 4.72. The van der Waals surface area contributed by atoms with Crippen molar-refractivity contribution in [2.24, 2.45) is 0 Å². The van der Waals surface area contributed by atoms with E-state index in [1.807, 2.05) is 30.1 Å². The molecule has 2 N–H and O–H groups in total. The third-order valence-electron chi connectivity index (χ3n) is 5.60. The van der Waals surface area contributed by atoms with Crippen molar-refractivity contribution in [2.75, 3.05) is 18.8 Å². The molecule has 1 atom stereocenters. The Balaban J connectivity index is 1.50. The van der Waals surface area contributed by atoms with Gasteiger partial charge in [0, 0.05) is 41.4 Å². The van der Waals surface area contributed by atoms with E-state index in [4.69, 9.17) is 11.6 Å². The fourth-order valence-corrected chi connectivity index (χ4v) is 4.36. The minimum Gasteiger partial charge on any atom is -0.341 e. The van der Waals surface area contributed by atoms with Crippen molar-refractivity contribution in [2.45, 2.75) is 32.2 Å². The van der Waals surface area contributed by atoms with Gasteiger partial charge in [-0.25, -0.2) is 4.98 Å². The van der Waals surface area contributed by atoms with Crippen molar-refractivity contribution >= 4 is 48.2 Å². The molecule has 2 aliphatic rings. The number of amides is 2. The van der Waals surface area contributed by atoms with Crippen molar-refractivity contribution < 1.29 is 9.59 Å². The first-order valence-corrected chi connectivity index (χ1v) is 11.4. The maximum Gasteiger partial charge on any atom is 0.254 e. The summed E-state index contributed by atoms with van der Waals surface area (Å²) < 4.78 is 0. The predicted octanol–water partition coefficient (Wildman–Crippen LogP) is 4.35. The highest BCUT2D eigenvalue weighted by molar-refractivity contribution is 7.80. The Hall–Kier alpha value is -2.51. The minimum absolute atomic E-state index is 0.0343. The summed E-state index contributed by atoms with van der Waals surface area (Å²) in [4.78, 5) is 35.3. The van der Waals surface area contributed by atoms with E-state index in [2.05, 4.69) is 27.9 Å². The van der Waals surface area contributed by atoms with E-state index in [9.17, 15) is 9.59 Å². The van der Waals surface area contributed by atoms with Gasteiger partial charge in [0.15, 0.2) is 0 Å². The number of imidazole rings is 1. The number of hydrogen-bond acceptors (Lipinski definition) is 4. The molecule has 31 heavy (non-hydrogen) atoms. The number of allylic oxidation sites excluding steroid dienone is 2. The molecule has 0 radical (unpaired) electrons. The molecular formula is C23H25ClN4O2S. The summed E-state index contributed by atoms with van der Waals surface area (Å²) in [5.74, 6) is 0.798. The highest BCUT2D eigenvalue weighted by Gasteiger charge is 2.23. The van der Waals surface area contributed by atoms with Gasteiger partial charge in [0.05, 0.1) is 17.4 Å². The number of carbonyl (C=O) groups is 2. The van der Waals surface area contributed by atoms with Gasteiger partial charge in [0.2, 0.25) is 0 Å². The zero-order chi connectivity index (χ0) is 22.0. The van der Waals surface area contributed by atoms with Crippen LogP contribution in [0.5, 0.6) is 0 Å². The molecule has 2 amide bonds. The number of carbonyl (C=O) groups excluding carboxylic acids is 2. The SMILES string of the molecule is Cc1cc(C(=O)NC(CS)c2nc3c([nH]2)C=C(Cl)CC=C3)ccc1C(=O)N1CCCC1. The number of fused-ring (bicyclic) bond motifs is 1. The van der Waals surface area contributed by atoms with Crippen molar-refractivity contribution in [1.82, 2.24) is 20.2 Å². The lowest BCUT2D eigenvalue weighted by atomic mass is 10.0. The molecule has 4 rings (SSSR count). The molecule has 0 saturated carbocycles. The van der Waals surface area contributed by atoms with Gasteiger partial charge >= 0.3 is 0 Å². The normalized spacial score (nSPS) is 16.5. The molecule has 0 bridgehead atoms. The molecule has 162 valence electrons. The Morgan fingerprint density at radius 1 is 1.32 bits per heavy atom. The molecule has 1 unspecified atom stereocenters. The molecule has 2 aromatic rings. The van der Waals surface area contributed by atoms with Crippen LogP contribution in [0.2, 0.25) is 0 Å². The highest BCUT2D eigenvalue weighted by Crippen LogP contribution is 2.24. The van der Waals surface area contributed by atoms with Crippen molar-refractivity contribution in [3.05, 3.63) is 63.2 Å². The Labute approximate surface area is 192 Å². The van der Waals surface area contributed by atoms with E-state index in [1.54, 1.807) is 18.2 Å². The molecule has 1 aromatic heterocycles. The summed E-state index contributed by atoms with van der Waals surface area (Å²) in [7, 11) is 0. The first-order valence-electron chi connectivity index (χ1n) is 10.4. The number of likely N-dealkylation sites (tertiary alicyclic amines) is 1. The summed E-state index contributed by atoms with van der Waals surface area (Å²) in [6.45, 7) is 3.46. The second-order valence-electron chi connectivity index (χ2n) is 7.86. The van der Waals surface area contributed by atoms with Crippen molar-refractivity contribution in [3.8, 4) is 0 Å². The molecule has 1 saturated heterocycles. The lowest BCUT2D eigenvalue weighted by Gasteiger charge is -2.18. The summed E-state index contributed by atoms with van der Waals surface area (Å²) in [5, 5.41) is 3.70. The van der Waals surface area contributed by atoms with Crippen LogP contribution in [0.15, 0.2) is 29.3 Å². The number of halogens is 1. The number of aromatic nitrogens is 2. The van der Waals surface area contributed by atoms with E-state index < -0.39 is 6.04 Å². The van der Waals surface area contributed by atoms with Gasteiger partial charge in [-0.2, -0.15) is 12.6 Å². The lowest BCUT2D eigenvalue weighted by Crippen LogP contribution is -2.31. The van der Waals surface area contributed by atoms with Crippen LogP contribution in [0, 0.1) is 6.92 Å². The minimum atomic E-state index is -0.394. The Bertz CT molecular complexity index is 1070. The predicted molar refractivity (Wildman–Crippen MR) is 126 cm³/mol. The number of thiol groups is 1. The van der Waals surface area contributed by atoms with Crippen LogP contribution >= 0.6 is 24.2 Å². The number of H-pyrrole nitrogens is 1. The summed E-state index contributed by atoms with van der Waals surface area (Å²) >= 11 is 10.6. The average Bonchev–Trinajstić information content (AvgIpc) is 3.39. The second kappa shape index (κ2) is 9.32. The summed E-state index contributed by atoms with van der Waals surface area (Å²) in [5.41, 5.74) is 3.54. The molecule has 6 nitrogen and oxygen atoms in total. The van der Waals surface area contributed by atoms with Crippen LogP contribution in [0.3, 0.4) is 0 Å². The van der Waals surface area contributed by atoms with E-state index >= 15 is 0 Å². The van der Waals surface area contributed by atoms with Gasteiger partial charge in [-0.3, -0.25) is 9.59 Å². The number of nitrogens with zero attached hydrogens (tertiary/aromatic N) is 2. The quantitative estimate of drug-likeness (QED) is 0.585. The zero-order valence-electron chi connectivity index (χ0n) is 17.3. The lowest BCUT2D eigenvalue weighted by molar-refractivity contribution is 0.0791. The first kappa shape index (κ1) is 21.7. The molecule has 0 spiro atoms. The fraction of sp³-hybridized carbons (Fsp3) is 0.348. The number of aromatic amines is 1. The maximum absolute atomic E-state index is 12.9.